The number of phosphoric ester groups is 1. The van der Waals surface area contributed by atoms with Crippen molar-refractivity contribution in [1.82, 2.24) is 30.2 Å². The molecule has 4 N–H and O–H groups in total. The standard InChI is InChI=1S/C39H44N7O14P/c1-4-16-54-39(52)44-29(37(49)43-28(38(50)51)18-26-12-8-6-9-13-26)21-56-61(53,60-55-17-5-2)57-22-31-30(58-25(3)47)20-33(59-31)46-24-42-34-35(40-23-41-36(34)46)45-32(48)19-27-14-10-7-11-15-27/h4-15,23-24,28-31,33H,1-2,16-22H2,3H3,(H,43,49)(H,44,52)(H,50,51)(H,40,41,45,48)/t28-,29-,30-,31+,33+,61?/m0/s1. The van der Waals surface area contributed by atoms with Gasteiger partial charge in [0.1, 0.15) is 50.1 Å². The lowest BCUT2D eigenvalue weighted by atomic mass is 10.1. The van der Waals surface area contributed by atoms with E-state index in [-0.39, 0.29) is 55.4 Å². The Bertz CT molecular complexity index is 2210. The van der Waals surface area contributed by atoms with E-state index in [0.29, 0.717) is 5.56 Å². The summed E-state index contributed by atoms with van der Waals surface area (Å²) < 4.78 is 48.2. The Morgan fingerprint density at radius 3 is 2.33 bits per heavy atom. The summed E-state index contributed by atoms with van der Waals surface area (Å²) >= 11 is 0. The maximum Gasteiger partial charge on any atom is 0.502 e. The highest BCUT2D eigenvalue weighted by atomic mass is 31.2. The molecular weight excluding hydrogens is 821 g/mol. The average Bonchev–Trinajstić information content (AvgIpc) is 3.85. The first-order valence-electron chi connectivity index (χ1n) is 18.6. The number of amides is 3. The molecule has 3 heterocycles. The summed E-state index contributed by atoms with van der Waals surface area (Å²) in [5.41, 5.74) is 1.91. The monoisotopic (exact) mass is 865 g/mol. The van der Waals surface area contributed by atoms with Gasteiger partial charge in [0.2, 0.25) is 11.8 Å². The number of nitrogens with one attached hydrogen (secondary N) is 3. The van der Waals surface area contributed by atoms with Gasteiger partial charge in [0, 0.05) is 19.8 Å². The number of phosphoric acid groups is 1. The van der Waals surface area contributed by atoms with Crippen molar-refractivity contribution in [3.63, 3.8) is 0 Å². The molecule has 0 aliphatic carbocycles. The number of rotatable bonds is 23. The maximum atomic E-state index is 14.0. The number of benzene rings is 2. The van der Waals surface area contributed by atoms with Crippen LogP contribution in [-0.2, 0) is 69.4 Å². The Morgan fingerprint density at radius 2 is 1.66 bits per heavy atom. The van der Waals surface area contributed by atoms with Crippen molar-refractivity contribution in [3.8, 4) is 0 Å². The lowest BCUT2D eigenvalue weighted by Crippen LogP contribution is -2.54. The van der Waals surface area contributed by atoms with E-state index in [0.717, 1.165) is 5.56 Å². The first-order valence-corrected chi connectivity index (χ1v) is 20.1. The van der Waals surface area contributed by atoms with E-state index >= 15 is 0 Å². The number of aromatic nitrogens is 4. The molecule has 1 saturated heterocycles. The van der Waals surface area contributed by atoms with Crippen LogP contribution in [0.3, 0.4) is 0 Å². The molecule has 61 heavy (non-hydrogen) atoms. The number of carbonyl (C=O) groups excluding carboxylic acids is 4. The SMILES string of the molecule is C=CCOOP(=O)(OC[C@H](NC(=O)OCC=C)C(=O)N[C@@H](Cc1ccccc1)C(=O)O)OC[C@H]1O[C@@H](n2cnc3c(NC(=O)Cc4ccccc4)ncnc32)C[C@@H]1OC(C)=O. The van der Waals surface area contributed by atoms with Gasteiger partial charge < -0.3 is 35.3 Å². The zero-order valence-electron chi connectivity index (χ0n) is 32.8. The summed E-state index contributed by atoms with van der Waals surface area (Å²) in [4.78, 5) is 80.9. The summed E-state index contributed by atoms with van der Waals surface area (Å²) in [7, 11) is -4.87. The number of nitrogens with zero attached hydrogens (tertiary/aromatic N) is 4. The fraction of sp³-hybridized carbons (Fsp3) is 0.333. The second kappa shape index (κ2) is 22.3. The molecule has 2 aromatic carbocycles. The van der Waals surface area contributed by atoms with Gasteiger partial charge in [-0.3, -0.25) is 28.0 Å². The fourth-order valence-corrected chi connectivity index (χ4v) is 6.86. The lowest BCUT2D eigenvalue weighted by molar-refractivity contribution is -0.219. The van der Waals surface area contributed by atoms with E-state index in [1.807, 2.05) is 30.3 Å². The Labute approximate surface area is 348 Å². The van der Waals surface area contributed by atoms with Crippen LogP contribution in [0.15, 0.2) is 98.6 Å². The number of hydrogen-bond donors (Lipinski definition) is 4. The van der Waals surface area contributed by atoms with Gasteiger partial charge in [0.25, 0.3) is 0 Å². The summed E-state index contributed by atoms with van der Waals surface area (Å²) in [6.07, 6.45) is 1.05. The molecule has 0 radical (unpaired) electrons. The van der Waals surface area contributed by atoms with Gasteiger partial charge in [-0.2, -0.15) is 0 Å². The molecule has 1 aliphatic rings. The van der Waals surface area contributed by atoms with Crippen LogP contribution in [0.2, 0.25) is 0 Å². The topological polar surface area (TPSA) is 267 Å². The Hall–Kier alpha value is -6.35. The first-order chi connectivity index (χ1) is 29.4. The number of carboxylic acid groups (broad SMARTS) is 1. The van der Waals surface area contributed by atoms with E-state index in [9.17, 15) is 33.6 Å². The number of carboxylic acids is 1. The molecule has 1 unspecified atom stereocenters. The Morgan fingerprint density at radius 1 is 0.951 bits per heavy atom. The van der Waals surface area contributed by atoms with E-state index in [1.54, 1.807) is 30.3 Å². The predicted molar refractivity (Wildman–Crippen MR) is 213 cm³/mol. The van der Waals surface area contributed by atoms with Crippen molar-refractivity contribution in [1.29, 1.82) is 0 Å². The molecule has 324 valence electrons. The molecule has 0 spiro atoms. The number of aliphatic carboxylic acids is 1. The van der Waals surface area contributed by atoms with Crippen LogP contribution in [-0.4, -0.2) is 105 Å². The predicted octanol–water partition coefficient (Wildman–Crippen LogP) is 3.60. The molecule has 21 nitrogen and oxygen atoms in total. The third-order valence-electron chi connectivity index (χ3n) is 8.60. The molecule has 2 aromatic heterocycles. The van der Waals surface area contributed by atoms with E-state index in [4.69, 9.17) is 32.8 Å². The molecule has 1 fully saturated rings. The minimum atomic E-state index is -4.87. The molecule has 5 rings (SSSR count). The van der Waals surface area contributed by atoms with Gasteiger partial charge in [-0.05, 0) is 11.1 Å². The van der Waals surface area contributed by atoms with Crippen molar-refractivity contribution in [2.45, 2.75) is 56.7 Å². The van der Waals surface area contributed by atoms with Crippen molar-refractivity contribution in [2.24, 2.45) is 0 Å². The zero-order chi connectivity index (χ0) is 43.8. The Kier molecular flexibility index (Phi) is 16.7. The fourth-order valence-electron chi connectivity index (χ4n) is 5.85. The van der Waals surface area contributed by atoms with Gasteiger partial charge in [-0.1, -0.05) is 79.4 Å². The number of alkyl carbamates (subject to hydrolysis) is 1. The van der Waals surface area contributed by atoms with E-state index in [2.05, 4.69) is 44.1 Å². The summed E-state index contributed by atoms with van der Waals surface area (Å²) in [5, 5.41) is 17.2. The number of fused-ring (bicyclic) bond motifs is 1. The highest BCUT2D eigenvalue weighted by Crippen LogP contribution is 2.50. The van der Waals surface area contributed by atoms with Gasteiger partial charge in [-0.15, -0.1) is 11.3 Å². The highest BCUT2D eigenvalue weighted by Gasteiger charge is 2.42. The first kappa shape index (κ1) is 45.7. The van der Waals surface area contributed by atoms with Crippen LogP contribution in [0.1, 0.15) is 30.7 Å². The second-order valence-corrected chi connectivity index (χ2v) is 14.7. The number of hydrogen-bond acceptors (Lipinski definition) is 16. The molecular formula is C39H44N7O14P. The van der Waals surface area contributed by atoms with Crippen LogP contribution >= 0.6 is 7.82 Å². The molecule has 6 atom stereocenters. The molecule has 22 heteroatoms. The smallest absolute Gasteiger partial charge is 0.480 e. The average molecular weight is 866 g/mol. The largest absolute Gasteiger partial charge is 0.502 e. The number of ether oxygens (including phenoxy) is 3. The van der Waals surface area contributed by atoms with Crippen molar-refractivity contribution >= 4 is 54.7 Å². The van der Waals surface area contributed by atoms with Gasteiger partial charge in [-0.25, -0.2) is 34.0 Å². The van der Waals surface area contributed by atoms with E-state index in [1.165, 1.54) is 36.3 Å². The maximum absolute atomic E-state index is 14.0. The molecule has 0 saturated carbocycles. The minimum Gasteiger partial charge on any atom is -0.480 e. The second-order valence-electron chi connectivity index (χ2n) is 13.1. The summed E-state index contributed by atoms with van der Waals surface area (Å²) in [6.45, 7) is 6.05. The van der Waals surface area contributed by atoms with Crippen LogP contribution < -0.4 is 16.0 Å². The van der Waals surface area contributed by atoms with Crippen LogP contribution in [0.25, 0.3) is 11.2 Å². The number of esters is 1. The molecule has 4 aromatic rings. The lowest BCUT2D eigenvalue weighted by Gasteiger charge is -2.24. The quantitative estimate of drug-likeness (QED) is 0.0207. The van der Waals surface area contributed by atoms with Crippen LogP contribution in [0.5, 0.6) is 0 Å². The molecule has 3 amide bonds. The third kappa shape index (κ3) is 13.6. The molecule has 1 aliphatic heterocycles. The van der Waals surface area contributed by atoms with Crippen molar-refractivity contribution in [2.75, 3.05) is 31.7 Å². The number of imidazole rings is 1. The van der Waals surface area contributed by atoms with Crippen LogP contribution in [0, 0.1) is 0 Å². The van der Waals surface area contributed by atoms with Crippen molar-refractivity contribution in [3.05, 3.63) is 110 Å². The van der Waals surface area contributed by atoms with E-state index < -0.39 is 75.5 Å². The minimum absolute atomic E-state index is 0.0322. The summed E-state index contributed by atoms with van der Waals surface area (Å²) in [6, 6.07) is 14.4. The van der Waals surface area contributed by atoms with Gasteiger partial charge >= 0.3 is 25.9 Å². The summed E-state index contributed by atoms with van der Waals surface area (Å²) in [5.74, 6) is -3.27. The zero-order valence-corrected chi connectivity index (χ0v) is 33.7. The normalized spacial score (nSPS) is 17.9. The Balaban J connectivity index is 1.30. The third-order valence-corrected chi connectivity index (χ3v) is 9.81. The number of anilines is 1. The van der Waals surface area contributed by atoms with Gasteiger partial charge in [0.05, 0.1) is 26.0 Å². The highest BCUT2D eigenvalue weighted by molar-refractivity contribution is 7.48. The van der Waals surface area contributed by atoms with Crippen LogP contribution in [0.4, 0.5) is 10.6 Å². The number of carbonyl (C=O) groups is 5. The van der Waals surface area contributed by atoms with Crippen molar-refractivity contribution < 1.29 is 66.5 Å². The molecule has 0 bridgehead atoms. The van der Waals surface area contributed by atoms with Gasteiger partial charge in [0.15, 0.2) is 17.0 Å².